The number of para-hydroxylation sites is 1. The average Bonchev–Trinajstić information content (AvgIpc) is 3.08. The lowest BCUT2D eigenvalue weighted by atomic mass is 10.1. The SMILES string of the molecule is O=C(Nc1cccc(C(F)(F)F)c1)c1ccccc1-n1cnnn1. The molecule has 1 heterocycles. The van der Waals surface area contributed by atoms with E-state index < -0.39 is 17.6 Å². The van der Waals surface area contributed by atoms with Crippen molar-refractivity contribution < 1.29 is 18.0 Å². The first-order valence-corrected chi connectivity index (χ1v) is 6.76. The van der Waals surface area contributed by atoms with E-state index in [-0.39, 0.29) is 11.3 Å². The number of hydrogen-bond acceptors (Lipinski definition) is 4. The van der Waals surface area contributed by atoms with Crippen LogP contribution < -0.4 is 5.32 Å². The molecule has 1 amide bonds. The quantitative estimate of drug-likeness (QED) is 0.800. The number of halogens is 3. The molecule has 0 saturated carbocycles. The van der Waals surface area contributed by atoms with Gasteiger partial charge in [-0.05, 0) is 40.8 Å². The highest BCUT2D eigenvalue weighted by Crippen LogP contribution is 2.30. The van der Waals surface area contributed by atoms with Crippen molar-refractivity contribution in [3.05, 3.63) is 66.0 Å². The highest BCUT2D eigenvalue weighted by Gasteiger charge is 2.30. The highest BCUT2D eigenvalue weighted by molar-refractivity contribution is 6.06. The molecule has 3 aromatic rings. The summed E-state index contributed by atoms with van der Waals surface area (Å²) in [4.78, 5) is 12.4. The third-order valence-corrected chi connectivity index (χ3v) is 3.19. The molecular formula is C15H10F3N5O. The first-order chi connectivity index (χ1) is 11.4. The van der Waals surface area contributed by atoms with Crippen LogP contribution in [-0.4, -0.2) is 26.1 Å². The maximum atomic E-state index is 12.7. The summed E-state index contributed by atoms with van der Waals surface area (Å²) in [5.74, 6) is -0.569. The van der Waals surface area contributed by atoms with Crippen molar-refractivity contribution in [3.63, 3.8) is 0 Å². The molecule has 1 N–H and O–H groups in total. The molecule has 0 aliphatic rings. The Morgan fingerprint density at radius 2 is 1.88 bits per heavy atom. The Balaban J connectivity index is 1.89. The summed E-state index contributed by atoms with van der Waals surface area (Å²) >= 11 is 0. The number of benzene rings is 2. The molecule has 9 heteroatoms. The topological polar surface area (TPSA) is 72.7 Å². The van der Waals surface area contributed by atoms with E-state index in [1.165, 1.54) is 29.2 Å². The van der Waals surface area contributed by atoms with E-state index in [0.29, 0.717) is 5.69 Å². The number of tetrazole rings is 1. The van der Waals surface area contributed by atoms with Gasteiger partial charge in [-0.3, -0.25) is 4.79 Å². The van der Waals surface area contributed by atoms with Crippen LogP contribution in [0, 0.1) is 0 Å². The molecule has 1 aromatic heterocycles. The summed E-state index contributed by atoms with van der Waals surface area (Å²) in [5, 5.41) is 13.2. The Kier molecular flexibility index (Phi) is 3.98. The molecule has 0 unspecified atom stereocenters. The number of carbonyl (C=O) groups is 1. The van der Waals surface area contributed by atoms with Gasteiger partial charge in [-0.2, -0.15) is 17.9 Å². The number of anilines is 1. The van der Waals surface area contributed by atoms with Crippen LogP contribution in [0.4, 0.5) is 18.9 Å². The van der Waals surface area contributed by atoms with E-state index in [4.69, 9.17) is 0 Å². The van der Waals surface area contributed by atoms with Crippen LogP contribution in [0.2, 0.25) is 0 Å². The van der Waals surface area contributed by atoms with Gasteiger partial charge in [-0.1, -0.05) is 18.2 Å². The van der Waals surface area contributed by atoms with Gasteiger partial charge in [0.2, 0.25) is 0 Å². The molecule has 0 bridgehead atoms. The first-order valence-electron chi connectivity index (χ1n) is 6.76. The van der Waals surface area contributed by atoms with Gasteiger partial charge in [0, 0.05) is 5.69 Å². The second-order valence-electron chi connectivity index (χ2n) is 4.80. The Hall–Kier alpha value is -3.23. The van der Waals surface area contributed by atoms with E-state index in [1.807, 2.05) is 0 Å². The lowest BCUT2D eigenvalue weighted by molar-refractivity contribution is -0.137. The average molecular weight is 333 g/mol. The van der Waals surface area contributed by atoms with Crippen LogP contribution in [-0.2, 0) is 6.18 Å². The molecule has 0 aliphatic heterocycles. The molecular weight excluding hydrogens is 323 g/mol. The lowest BCUT2D eigenvalue weighted by Gasteiger charge is -2.11. The van der Waals surface area contributed by atoms with Crippen molar-refractivity contribution in [1.29, 1.82) is 0 Å². The largest absolute Gasteiger partial charge is 0.416 e. The Bertz CT molecular complexity index is 862. The van der Waals surface area contributed by atoms with E-state index >= 15 is 0 Å². The van der Waals surface area contributed by atoms with Gasteiger partial charge in [-0.25, -0.2) is 0 Å². The van der Waals surface area contributed by atoms with Crippen LogP contribution in [0.1, 0.15) is 15.9 Å². The Morgan fingerprint density at radius 3 is 2.58 bits per heavy atom. The normalized spacial score (nSPS) is 11.3. The van der Waals surface area contributed by atoms with Gasteiger partial charge in [-0.15, -0.1) is 5.10 Å². The maximum absolute atomic E-state index is 12.7. The second-order valence-corrected chi connectivity index (χ2v) is 4.80. The highest BCUT2D eigenvalue weighted by atomic mass is 19.4. The van der Waals surface area contributed by atoms with Gasteiger partial charge in [0.25, 0.3) is 5.91 Å². The molecule has 0 fully saturated rings. The fourth-order valence-electron chi connectivity index (χ4n) is 2.11. The third kappa shape index (κ3) is 3.24. The molecule has 122 valence electrons. The monoisotopic (exact) mass is 333 g/mol. The third-order valence-electron chi connectivity index (χ3n) is 3.19. The number of amides is 1. The van der Waals surface area contributed by atoms with Crippen molar-refractivity contribution in [1.82, 2.24) is 20.2 Å². The van der Waals surface area contributed by atoms with E-state index in [2.05, 4.69) is 20.8 Å². The fourth-order valence-corrected chi connectivity index (χ4v) is 2.11. The fraction of sp³-hybridized carbons (Fsp3) is 0.0667. The number of nitrogens with zero attached hydrogens (tertiary/aromatic N) is 4. The Labute approximate surface area is 133 Å². The van der Waals surface area contributed by atoms with Crippen molar-refractivity contribution in [3.8, 4) is 5.69 Å². The second kappa shape index (κ2) is 6.11. The van der Waals surface area contributed by atoms with Gasteiger partial charge in [0.1, 0.15) is 6.33 Å². The predicted octanol–water partition coefficient (Wildman–Crippen LogP) is 2.93. The van der Waals surface area contributed by atoms with Gasteiger partial charge in [0.15, 0.2) is 0 Å². The van der Waals surface area contributed by atoms with Crippen molar-refractivity contribution in [2.24, 2.45) is 0 Å². The maximum Gasteiger partial charge on any atom is 0.416 e. The molecule has 0 saturated heterocycles. The number of rotatable bonds is 3. The van der Waals surface area contributed by atoms with Crippen LogP contribution in [0.3, 0.4) is 0 Å². The number of nitrogens with one attached hydrogen (secondary N) is 1. The van der Waals surface area contributed by atoms with Crippen LogP contribution in [0.25, 0.3) is 5.69 Å². The van der Waals surface area contributed by atoms with Crippen molar-refractivity contribution >= 4 is 11.6 Å². The first kappa shape index (κ1) is 15.7. The minimum Gasteiger partial charge on any atom is -0.322 e. The van der Waals surface area contributed by atoms with Crippen LogP contribution in [0.15, 0.2) is 54.9 Å². The Morgan fingerprint density at radius 1 is 1.08 bits per heavy atom. The molecule has 3 rings (SSSR count). The molecule has 0 aliphatic carbocycles. The van der Waals surface area contributed by atoms with Gasteiger partial charge in [0.05, 0.1) is 16.8 Å². The zero-order valence-electron chi connectivity index (χ0n) is 12.0. The van der Waals surface area contributed by atoms with Gasteiger partial charge < -0.3 is 5.32 Å². The minimum atomic E-state index is -4.48. The summed E-state index contributed by atoms with van der Waals surface area (Å²) in [7, 11) is 0. The number of carbonyl (C=O) groups excluding carboxylic acids is 1. The smallest absolute Gasteiger partial charge is 0.322 e. The lowest BCUT2D eigenvalue weighted by Crippen LogP contribution is -2.16. The van der Waals surface area contributed by atoms with Crippen LogP contribution >= 0.6 is 0 Å². The number of hydrogen-bond donors (Lipinski definition) is 1. The molecule has 0 radical (unpaired) electrons. The standard InChI is InChI=1S/C15H10F3N5O/c16-15(17,18)10-4-3-5-11(8-10)20-14(24)12-6-1-2-7-13(12)23-9-19-21-22-23/h1-9H,(H,20,24). The molecule has 24 heavy (non-hydrogen) atoms. The summed E-state index contributed by atoms with van der Waals surface area (Å²) in [6.45, 7) is 0. The zero-order chi connectivity index (χ0) is 17.2. The van der Waals surface area contributed by atoms with Crippen molar-refractivity contribution in [2.45, 2.75) is 6.18 Å². The molecule has 0 atom stereocenters. The summed E-state index contributed by atoms with van der Waals surface area (Å²) in [6, 6.07) is 10.9. The summed E-state index contributed by atoms with van der Waals surface area (Å²) < 4.78 is 39.5. The zero-order valence-corrected chi connectivity index (χ0v) is 12.0. The predicted molar refractivity (Wildman–Crippen MR) is 78.6 cm³/mol. The van der Waals surface area contributed by atoms with Crippen molar-refractivity contribution in [2.75, 3.05) is 5.32 Å². The molecule has 6 nitrogen and oxygen atoms in total. The van der Waals surface area contributed by atoms with E-state index in [0.717, 1.165) is 12.1 Å². The minimum absolute atomic E-state index is 0.0429. The van der Waals surface area contributed by atoms with E-state index in [9.17, 15) is 18.0 Å². The van der Waals surface area contributed by atoms with Gasteiger partial charge >= 0.3 is 6.18 Å². The molecule has 0 spiro atoms. The summed E-state index contributed by atoms with van der Waals surface area (Å²) in [6.07, 6.45) is -3.17. The van der Waals surface area contributed by atoms with E-state index in [1.54, 1.807) is 18.2 Å². The molecule has 2 aromatic carbocycles. The van der Waals surface area contributed by atoms with Crippen LogP contribution in [0.5, 0.6) is 0 Å². The summed E-state index contributed by atoms with van der Waals surface area (Å²) in [5.41, 5.74) is -0.162. The number of alkyl halides is 3. The number of aromatic nitrogens is 4.